The van der Waals surface area contributed by atoms with Crippen LogP contribution < -0.4 is 4.72 Å². The van der Waals surface area contributed by atoms with Gasteiger partial charge in [-0.1, -0.05) is 43.3 Å². The number of rotatable bonds is 7. The van der Waals surface area contributed by atoms with Crippen LogP contribution in [-0.4, -0.2) is 23.3 Å². The van der Waals surface area contributed by atoms with E-state index in [4.69, 9.17) is 0 Å². The van der Waals surface area contributed by atoms with Crippen LogP contribution in [0.25, 0.3) is 11.3 Å². The van der Waals surface area contributed by atoms with Gasteiger partial charge in [0.1, 0.15) is 5.82 Å². The molecule has 9 heteroatoms. The van der Waals surface area contributed by atoms with E-state index in [9.17, 15) is 18.5 Å². The maximum absolute atomic E-state index is 12.8. The van der Waals surface area contributed by atoms with Gasteiger partial charge in [-0.3, -0.25) is 10.1 Å². The first kappa shape index (κ1) is 19.7. The SMILES string of the molecule is CCC(NS(=O)(=O)c1ccc(C)c([N+](=O)[O-])c1)c1ncc(-c2ccccc2)[nH]1. The summed E-state index contributed by atoms with van der Waals surface area (Å²) in [4.78, 5) is 17.8. The third kappa shape index (κ3) is 4.10. The Kier molecular flexibility index (Phi) is 5.57. The molecule has 0 aliphatic heterocycles. The summed E-state index contributed by atoms with van der Waals surface area (Å²) in [7, 11) is -3.96. The standard InChI is InChI=1S/C19H20N4O4S/c1-3-16(19-20-12-17(21-19)14-7-5-4-6-8-14)22-28(26,27)15-10-9-13(2)18(11-15)23(24)25/h4-12,16,22H,3H2,1-2H3,(H,20,21). The molecular formula is C19H20N4O4S. The van der Waals surface area contributed by atoms with Gasteiger partial charge >= 0.3 is 0 Å². The highest BCUT2D eigenvalue weighted by molar-refractivity contribution is 7.89. The Labute approximate surface area is 162 Å². The third-order valence-electron chi connectivity index (χ3n) is 4.40. The molecule has 0 radical (unpaired) electrons. The van der Waals surface area contributed by atoms with E-state index >= 15 is 0 Å². The molecule has 1 atom stereocenters. The molecule has 0 aliphatic carbocycles. The van der Waals surface area contributed by atoms with Crippen molar-refractivity contribution in [3.8, 4) is 11.3 Å². The number of aromatic nitrogens is 2. The first-order valence-corrected chi connectivity index (χ1v) is 10.2. The van der Waals surface area contributed by atoms with Gasteiger partial charge in [-0.25, -0.2) is 18.1 Å². The minimum absolute atomic E-state index is 0.155. The molecule has 2 aromatic carbocycles. The number of nitro groups is 1. The van der Waals surface area contributed by atoms with E-state index in [1.54, 1.807) is 13.1 Å². The van der Waals surface area contributed by atoms with Crippen LogP contribution in [0.3, 0.4) is 0 Å². The first-order valence-electron chi connectivity index (χ1n) is 8.69. The third-order valence-corrected chi connectivity index (χ3v) is 5.87. The quantitative estimate of drug-likeness (QED) is 0.463. The van der Waals surface area contributed by atoms with E-state index in [1.807, 2.05) is 37.3 Å². The predicted molar refractivity (Wildman–Crippen MR) is 105 cm³/mol. The maximum Gasteiger partial charge on any atom is 0.273 e. The Morgan fingerprint density at radius 1 is 1.21 bits per heavy atom. The summed E-state index contributed by atoms with van der Waals surface area (Å²) in [6.45, 7) is 3.39. The zero-order chi connectivity index (χ0) is 20.3. The predicted octanol–water partition coefficient (Wildman–Crippen LogP) is 3.72. The van der Waals surface area contributed by atoms with Crippen molar-refractivity contribution in [1.29, 1.82) is 0 Å². The smallest absolute Gasteiger partial charge is 0.273 e. The van der Waals surface area contributed by atoms with E-state index in [0.717, 1.165) is 17.3 Å². The number of hydrogen-bond donors (Lipinski definition) is 2. The van der Waals surface area contributed by atoms with Crippen LogP contribution >= 0.6 is 0 Å². The van der Waals surface area contributed by atoms with Crippen molar-refractivity contribution in [2.75, 3.05) is 0 Å². The highest BCUT2D eigenvalue weighted by Gasteiger charge is 2.25. The Morgan fingerprint density at radius 3 is 2.57 bits per heavy atom. The van der Waals surface area contributed by atoms with Crippen LogP contribution in [-0.2, 0) is 10.0 Å². The Hall–Kier alpha value is -3.04. The molecule has 1 unspecified atom stereocenters. The molecule has 0 saturated carbocycles. The fraction of sp³-hybridized carbons (Fsp3) is 0.211. The average Bonchev–Trinajstić information content (AvgIpc) is 3.17. The van der Waals surface area contributed by atoms with Crippen LogP contribution in [0.2, 0.25) is 0 Å². The molecule has 3 aromatic rings. The summed E-state index contributed by atoms with van der Waals surface area (Å²) >= 11 is 0. The number of nitro benzene ring substituents is 1. The van der Waals surface area contributed by atoms with Crippen LogP contribution in [0.5, 0.6) is 0 Å². The summed E-state index contributed by atoms with van der Waals surface area (Å²) in [5, 5.41) is 11.1. The average molecular weight is 400 g/mol. The molecule has 3 rings (SSSR count). The number of H-pyrrole nitrogens is 1. The molecule has 0 spiro atoms. The normalized spacial score (nSPS) is 12.6. The van der Waals surface area contributed by atoms with Crippen molar-refractivity contribution in [3.05, 3.63) is 76.2 Å². The molecule has 8 nitrogen and oxygen atoms in total. The van der Waals surface area contributed by atoms with Crippen molar-refractivity contribution >= 4 is 15.7 Å². The second kappa shape index (κ2) is 7.91. The van der Waals surface area contributed by atoms with Crippen LogP contribution in [0.4, 0.5) is 5.69 Å². The number of sulfonamides is 1. The second-order valence-corrected chi connectivity index (χ2v) is 8.05. The number of nitrogens with one attached hydrogen (secondary N) is 2. The van der Waals surface area contributed by atoms with Crippen LogP contribution in [0, 0.1) is 17.0 Å². The second-order valence-electron chi connectivity index (χ2n) is 6.34. The van der Waals surface area contributed by atoms with E-state index in [2.05, 4.69) is 14.7 Å². The van der Waals surface area contributed by atoms with Crippen LogP contribution in [0.1, 0.15) is 30.8 Å². The Balaban J connectivity index is 1.87. The largest absolute Gasteiger partial charge is 0.341 e. The number of hydrogen-bond acceptors (Lipinski definition) is 5. The van der Waals surface area contributed by atoms with E-state index in [0.29, 0.717) is 17.8 Å². The Bertz CT molecular complexity index is 1090. The summed E-state index contributed by atoms with van der Waals surface area (Å²) in [5.74, 6) is 0.478. The maximum atomic E-state index is 12.8. The fourth-order valence-electron chi connectivity index (χ4n) is 2.82. The molecule has 1 heterocycles. The van der Waals surface area contributed by atoms with E-state index in [1.165, 1.54) is 12.1 Å². The van der Waals surface area contributed by atoms with E-state index in [-0.39, 0.29) is 10.6 Å². The lowest BCUT2D eigenvalue weighted by molar-refractivity contribution is -0.385. The van der Waals surface area contributed by atoms with Gasteiger partial charge in [-0.05, 0) is 25.0 Å². The summed E-state index contributed by atoms with van der Waals surface area (Å²) < 4.78 is 28.1. The highest BCUT2D eigenvalue weighted by atomic mass is 32.2. The monoisotopic (exact) mass is 400 g/mol. The minimum Gasteiger partial charge on any atom is -0.341 e. The zero-order valence-corrected chi connectivity index (χ0v) is 16.2. The van der Waals surface area contributed by atoms with E-state index < -0.39 is 21.0 Å². The molecule has 2 N–H and O–H groups in total. The van der Waals surface area contributed by atoms with Crippen molar-refractivity contribution in [2.45, 2.75) is 31.2 Å². The lowest BCUT2D eigenvalue weighted by atomic mass is 10.2. The van der Waals surface area contributed by atoms with Crippen molar-refractivity contribution in [3.63, 3.8) is 0 Å². The highest BCUT2D eigenvalue weighted by Crippen LogP contribution is 2.25. The fourth-order valence-corrected chi connectivity index (χ4v) is 4.12. The molecule has 146 valence electrons. The number of aryl methyl sites for hydroxylation is 1. The lowest BCUT2D eigenvalue weighted by Gasteiger charge is -2.15. The number of nitrogens with zero attached hydrogens (tertiary/aromatic N) is 2. The van der Waals surface area contributed by atoms with Gasteiger partial charge in [-0.15, -0.1) is 0 Å². The zero-order valence-electron chi connectivity index (χ0n) is 15.4. The molecule has 0 aliphatic rings. The Morgan fingerprint density at radius 2 is 1.93 bits per heavy atom. The molecule has 0 fully saturated rings. The number of benzene rings is 2. The summed E-state index contributed by atoms with van der Waals surface area (Å²) in [5.41, 5.74) is 1.88. The molecule has 0 amide bonds. The minimum atomic E-state index is -3.96. The number of imidazole rings is 1. The van der Waals surface area contributed by atoms with Gasteiger partial charge in [0.25, 0.3) is 5.69 Å². The molecule has 0 saturated heterocycles. The molecular weight excluding hydrogens is 380 g/mol. The van der Waals surface area contributed by atoms with Crippen LogP contribution in [0.15, 0.2) is 59.6 Å². The van der Waals surface area contributed by atoms with Gasteiger partial charge in [0.15, 0.2) is 0 Å². The van der Waals surface area contributed by atoms with Gasteiger partial charge < -0.3 is 4.98 Å². The lowest BCUT2D eigenvalue weighted by Crippen LogP contribution is -2.29. The molecule has 0 bridgehead atoms. The van der Waals surface area contributed by atoms with Gasteiger partial charge in [-0.2, -0.15) is 0 Å². The van der Waals surface area contributed by atoms with Gasteiger partial charge in [0.05, 0.1) is 27.8 Å². The first-order chi connectivity index (χ1) is 13.3. The van der Waals surface area contributed by atoms with Crippen molar-refractivity contribution in [2.24, 2.45) is 0 Å². The topological polar surface area (TPSA) is 118 Å². The van der Waals surface area contributed by atoms with Crippen molar-refractivity contribution in [1.82, 2.24) is 14.7 Å². The van der Waals surface area contributed by atoms with Gasteiger partial charge in [0.2, 0.25) is 10.0 Å². The number of aromatic amines is 1. The van der Waals surface area contributed by atoms with Crippen molar-refractivity contribution < 1.29 is 13.3 Å². The molecule has 1 aromatic heterocycles. The summed E-state index contributed by atoms with van der Waals surface area (Å²) in [6.07, 6.45) is 2.10. The van der Waals surface area contributed by atoms with Gasteiger partial charge in [0, 0.05) is 11.6 Å². The summed E-state index contributed by atoms with van der Waals surface area (Å²) in [6, 6.07) is 12.8. The molecule has 28 heavy (non-hydrogen) atoms.